The lowest BCUT2D eigenvalue weighted by atomic mass is 10.2. The summed E-state index contributed by atoms with van der Waals surface area (Å²) in [7, 11) is 1.71. The smallest absolute Gasteiger partial charge is 0.387 e. The van der Waals surface area contributed by atoms with Crippen molar-refractivity contribution in [3.63, 3.8) is 0 Å². The molecule has 0 spiro atoms. The molecule has 0 heterocycles. The van der Waals surface area contributed by atoms with Gasteiger partial charge in [0.2, 0.25) is 5.91 Å². The van der Waals surface area contributed by atoms with Gasteiger partial charge in [-0.1, -0.05) is 19.1 Å². The van der Waals surface area contributed by atoms with Gasteiger partial charge in [0.05, 0.1) is 6.54 Å². The van der Waals surface area contributed by atoms with E-state index in [-0.39, 0.29) is 18.2 Å². The summed E-state index contributed by atoms with van der Waals surface area (Å²) in [5.74, 6) is 0.101. The van der Waals surface area contributed by atoms with Gasteiger partial charge in [0.1, 0.15) is 5.75 Å². The van der Waals surface area contributed by atoms with Gasteiger partial charge < -0.3 is 15.0 Å². The van der Waals surface area contributed by atoms with E-state index in [1.54, 1.807) is 24.1 Å². The first-order valence-corrected chi connectivity index (χ1v) is 6.93. The first-order chi connectivity index (χ1) is 9.92. The number of hydrogen-bond acceptors (Lipinski definition) is 3. The van der Waals surface area contributed by atoms with E-state index in [4.69, 9.17) is 0 Å². The second kappa shape index (κ2) is 8.56. The molecule has 0 aliphatic heterocycles. The number of nitrogens with one attached hydrogen (secondary N) is 1. The molecule has 1 N–H and O–H groups in total. The molecule has 0 aliphatic rings. The zero-order chi connectivity index (χ0) is 15.8. The topological polar surface area (TPSA) is 41.6 Å². The van der Waals surface area contributed by atoms with Crippen molar-refractivity contribution >= 4 is 5.91 Å². The first-order valence-electron chi connectivity index (χ1n) is 6.93. The largest absolute Gasteiger partial charge is 0.435 e. The Hall–Kier alpha value is -1.69. The quantitative estimate of drug-likeness (QED) is 0.802. The standard InChI is InChI=1S/C15H22F2N2O2/c1-4-11(2)18-9-14(20)19(3)10-12-5-7-13(8-6-12)21-15(16)17/h5-8,11,15,18H,4,9-10H2,1-3H3. The van der Waals surface area contributed by atoms with Crippen LogP contribution in [0.5, 0.6) is 5.75 Å². The van der Waals surface area contributed by atoms with Crippen LogP contribution < -0.4 is 10.1 Å². The molecule has 1 rings (SSSR count). The van der Waals surface area contributed by atoms with Gasteiger partial charge in [-0.15, -0.1) is 0 Å². The van der Waals surface area contributed by atoms with Crippen LogP contribution in [0.2, 0.25) is 0 Å². The van der Waals surface area contributed by atoms with Crippen LogP contribution in [0.3, 0.4) is 0 Å². The third-order valence-electron chi connectivity index (χ3n) is 3.21. The lowest BCUT2D eigenvalue weighted by molar-refractivity contribution is -0.129. The lowest BCUT2D eigenvalue weighted by Crippen LogP contribution is -2.38. The van der Waals surface area contributed by atoms with Crippen LogP contribution in [0.15, 0.2) is 24.3 Å². The second-order valence-electron chi connectivity index (χ2n) is 4.96. The molecule has 0 saturated heterocycles. The molecule has 1 aromatic carbocycles. The van der Waals surface area contributed by atoms with E-state index in [0.29, 0.717) is 12.6 Å². The van der Waals surface area contributed by atoms with Crippen LogP contribution in [0.25, 0.3) is 0 Å². The van der Waals surface area contributed by atoms with E-state index >= 15 is 0 Å². The van der Waals surface area contributed by atoms with Crippen molar-refractivity contribution < 1.29 is 18.3 Å². The second-order valence-corrected chi connectivity index (χ2v) is 4.96. The van der Waals surface area contributed by atoms with Crippen molar-refractivity contribution in [3.8, 4) is 5.75 Å². The van der Waals surface area contributed by atoms with Crippen molar-refractivity contribution in [3.05, 3.63) is 29.8 Å². The fourth-order valence-electron chi connectivity index (χ4n) is 1.68. The number of likely N-dealkylation sites (N-methyl/N-ethyl adjacent to an activating group) is 1. The van der Waals surface area contributed by atoms with E-state index in [9.17, 15) is 13.6 Å². The van der Waals surface area contributed by atoms with Crippen LogP contribution in [0.4, 0.5) is 8.78 Å². The highest BCUT2D eigenvalue weighted by Crippen LogP contribution is 2.15. The molecule has 118 valence electrons. The molecule has 21 heavy (non-hydrogen) atoms. The number of halogens is 2. The minimum atomic E-state index is -2.83. The zero-order valence-corrected chi connectivity index (χ0v) is 12.6. The van der Waals surface area contributed by atoms with Crippen LogP contribution in [-0.2, 0) is 11.3 Å². The van der Waals surface area contributed by atoms with Crippen molar-refractivity contribution in [2.45, 2.75) is 39.5 Å². The molecule has 0 bridgehead atoms. The summed E-state index contributed by atoms with van der Waals surface area (Å²) in [4.78, 5) is 13.5. The Labute approximate surface area is 124 Å². The number of amides is 1. The summed E-state index contributed by atoms with van der Waals surface area (Å²) >= 11 is 0. The highest BCUT2D eigenvalue weighted by Gasteiger charge is 2.10. The molecule has 1 atom stereocenters. The van der Waals surface area contributed by atoms with Gasteiger partial charge in [0.15, 0.2) is 0 Å². The summed E-state index contributed by atoms with van der Waals surface area (Å²) < 4.78 is 28.3. The van der Waals surface area contributed by atoms with Gasteiger partial charge in [0.25, 0.3) is 0 Å². The van der Waals surface area contributed by atoms with Crippen molar-refractivity contribution in [1.29, 1.82) is 0 Å². The van der Waals surface area contributed by atoms with E-state index < -0.39 is 6.61 Å². The van der Waals surface area contributed by atoms with Gasteiger partial charge in [-0.2, -0.15) is 8.78 Å². The third-order valence-corrected chi connectivity index (χ3v) is 3.21. The summed E-state index contributed by atoms with van der Waals surface area (Å²) in [5, 5.41) is 3.13. The molecule has 1 unspecified atom stereocenters. The average Bonchev–Trinajstić information content (AvgIpc) is 2.45. The van der Waals surface area contributed by atoms with Gasteiger partial charge in [-0.3, -0.25) is 4.79 Å². The van der Waals surface area contributed by atoms with Crippen molar-refractivity contribution in [2.24, 2.45) is 0 Å². The van der Waals surface area contributed by atoms with Gasteiger partial charge in [-0.05, 0) is 31.0 Å². The maximum absolute atomic E-state index is 12.0. The fourth-order valence-corrected chi connectivity index (χ4v) is 1.68. The molecular weight excluding hydrogens is 278 g/mol. The van der Waals surface area contributed by atoms with Gasteiger partial charge in [-0.25, -0.2) is 0 Å². The Kier molecular flexibility index (Phi) is 7.08. The predicted octanol–water partition coefficient (Wildman–Crippen LogP) is 2.63. The zero-order valence-electron chi connectivity index (χ0n) is 12.6. The van der Waals surface area contributed by atoms with Crippen molar-refractivity contribution in [1.82, 2.24) is 10.2 Å². The molecule has 1 aromatic rings. The minimum Gasteiger partial charge on any atom is -0.435 e. The maximum Gasteiger partial charge on any atom is 0.387 e. The summed E-state index contributed by atoms with van der Waals surface area (Å²) in [6.45, 7) is 1.96. The number of nitrogens with zero attached hydrogens (tertiary/aromatic N) is 1. The monoisotopic (exact) mass is 300 g/mol. The van der Waals surface area contributed by atoms with E-state index in [0.717, 1.165) is 12.0 Å². The van der Waals surface area contributed by atoms with E-state index in [1.807, 2.05) is 6.92 Å². The number of rotatable bonds is 8. The number of hydrogen-bond donors (Lipinski definition) is 1. The van der Waals surface area contributed by atoms with Crippen LogP contribution >= 0.6 is 0 Å². The van der Waals surface area contributed by atoms with Crippen LogP contribution in [0.1, 0.15) is 25.8 Å². The molecule has 6 heteroatoms. The number of carbonyl (C=O) groups excluding carboxylic acids is 1. The number of benzene rings is 1. The Balaban J connectivity index is 2.46. The third kappa shape index (κ3) is 6.53. The molecule has 1 amide bonds. The highest BCUT2D eigenvalue weighted by atomic mass is 19.3. The minimum absolute atomic E-state index is 0.0109. The molecule has 0 saturated carbocycles. The lowest BCUT2D eigenvalue weighted by Gasteiger charge is -2.19. The Morgan fingerprint density at radius 2 is 1.95 bits per heavy atom. The Morgan fingerprint density at radius 1 is 1.33 bits per heavy atom. The highest BCUT2D eigenvalue weighted by molar-refractivity contribution is 5.78. The SMILES string of the molecule is CCC(C)NCC(=O)N(C)Cc1ccc(OC(F)F)cc1. The Morgan fingerprint density at radius 3 is 2.48 bits per heavy atom. The number of ether oxygens (including phenoxy) is 1. The van der Waals surface area contributed by atoms with Crippen molar-refractivity contribution in [2.75, 3.05) is 13.6 Å². The average molecular weight is 300 g/mol. The first kappa shape index (κ1) is 17.4. The molecule has 4 nitrogen and oxygen atoms in total. The summed E-state index contributed by atoms with van der Waals surface area (Å²) in [6, 6.07) is 6.58. The number of carbonyl (C=O) groups is 1. The summed E-state index contributed by atoms with van der Waals surface area (Å²) in [6.07, 6.45) is 0.961. The maximum atomic E-state index is 12.0. The van der Waals surface area contributed by atoms with Crippen LogP contribution in [-0.4, -0.2) is 37.1 Å². The molecule has 0 aromatic heterocycles. The van der Waals surface area contributed by atoms with Gasteiger partial charge in [0, 0.05) is 19.6 Å². The fraction of sp³-hybridized carbons (Fsp3) is 0.533. The molecule has 0 fully saturated rings. The molecule has 0 aliphatic carbocycles. The van der Waals surface area contributed by atoms with E-state index in [2.05, 4.69) is 17.0 Å². The normalized spacial score (nSPS) is 12.3. The summed E-state index contributed by atoms with van der Waals surface area (Å²) in [5.41, 5.74) is 0.857. The van der Waals surface area contributed by atoms with E-state index in [1.165, 1.54) is 12.1 Å². The van der Waals surface area contributed by atoms with Gasteiger partial charge >= 0.3 is 6.61 Å². The van der Waals surface area contributed by atoms with Crippen LogP contribution in [0, 0.1) is 0 Å². The Bertz CT molecular complexity index is 438. The number of alkyl halides is 2. The molecule has 0 radical (unpaired) electrons. The predicted molar refractivity (Wildman–Crippen MR) is 77.3 cm³/mol. The molecular formula is C15H22F2N2O2.